The van der Waals surface area contributed by atoms with Gasteiger partial charge in [0.25, 0.3) is 0 Å². The molecule has 1 heterocycles. The summed E-state index contributed by atoms with van der Waals surface area (Å²) in [7, 11) is 0. The first-order valence-electron chi connectivity index (χ1n) is 7.02. The van der Waals surface area contributed by atoms with Crippen LogP contribution in [-0.4, -0.2) is 15.6 Å². The van der Waals surface area contributed by atoms with E-state index in [-0.39, 0.29) is 5.78 Å². The maximum Gasteiger partial charge on any atom is 0.196 e. The quantitative estimate of drug-likeness (QED) is 0.681. The summed E-state index contributed by atoms with van der Waals surface area (Å²) in [4.78, 5) is 12.6. The summed E-state index contributed by atoms with van der Waals surface area (Å²) >= 11 is 0. The Kier molecular flexibility index (Phi) is 3.65. The van der Waals surface area contributed by atoms with Crippen LogP contribution in [0.4, 0.5) is 0 Å². The molecule has 104 valence electrons. The lowest BCUT2D eigenvalue weighted by Crippen LogP contribution is -2.04. The molecule has 0 radical (unpaired) electrons. The molecule has 3 aromatic rings. The average Bonchev–Trinajstić information content (AvgIpc) is 3.05. The number of benzene rings is 2. The van der Waals surface area contributed by atoms with Crippen LogP contribution in [0.1, 0.15) is 28.4 Å². The van der Waals surface area contributed by atoms with Gasteiger partial charge < -0.3 is 0 Å². The normalized spacial score (nSPS) is 10.5. The van der Waals surface area contributed by atoms with Crippen molar-refractivity contribution in [1.82, 2.24) is 9.78 Å². The van der Waals surface area contributed by atoms with Crippen LogP contribution in [0.25, 0.3) is 5.69 Å². The van der Waals surface area contributed by atoms with Crippen molar-refractivity contribution in [3.05, 3.63) is 83.7 Å². The van der Waals surface area contributed by atoms with Crippen molar-refractivity contribution < 1.29 is 4.79 Å². The van der Waals surface area contributed by atoms with Crippen LogP contribution in [0.15, 0.2) is 67.0 Å². The first-order chi connectivity index (χ1) is 10.3. The van der Waals surface area contributed by atoms with E-state index in [1.54, 1.807) is 17.1 Å². The summed E-state index contributed by atoms with van der Waals surface area (Å²) in [5, 5.41) is 4.28. The second-order valence-corrected chi connectivity index (χ2v) is 4.85. The topological polar surface area (TPSA) is 34.9 Å². The number of aromatic nitrogens is 2. The van der Waals surface area contributed by atoms with E-state index < -0.39 is 0 Å². The third-order valence-electron chi connectivity index (χ3n) is 3.51. The highest BCUT2D eigenvalue weighted by Crippen LogP contribution is 2.16. The van der Waals surface area contributed by atoms with Crippen molar-refractivity contribution in [2.45, 2.75) is 13.3 Å². The molecule has 0 aliphatic rings. The van der Waals surface area contributed by atoms with Crippen molar-refractivity contribution in [1.29, 1.82) is 0 Å². The minimum absolute atomic E-state index is 0.0228. The predicted octanol–water partition coefficient (Wildman–Crippen LogP) is 3.67. The van der Waals surface area contributed by atoms with Gasteiger partial charge in [-0.2, -0.15) is 5.10 Å². The molecule has 0 atom stereocenters. The van der Waals surface area contributed by atoms with Gasteiger partial charge in [0.05, 0.1) is 17.4 Å². The summed E-state index contributed by atoms with van der Waals surface area (Å²) in [5.41, 5.74) is 3.38. The number of para-hydroxylation sites is 1. The SMILES string of the molecule is CCc1ccccc1C(=O)c1cnn(-c2ccccc2)c1. The number of nitrogens with zero attached hydrogens (tertiary/aromatic N) is 2. The highest BCUT2D eigenvalue weighted by atomic mass is 16.1. The Morgan fingerprint density at radius 1 is 1.05 bits per heavy atom. The molecule has 0 N–H and O–H groups in total. The monoisotopic (exact) mass is 276 g/mol. The molecule has 3 nitrogen and oxygen atoms in total. The summed E-state index contributed by atoms with van der Waals surface area (Å²) in [5.74, 6) is 0.0228. The number of ketones is 1. The van der Waals surface area contributed by atoms with Crippen molar-refractivity contribution in [3.8, 4) is 5.69 Å². The van der Waals surface area contributed by atoms with Gasteiger partial charge in [0.15, 0.2) is 5.78 Å². The molecule has 3 rings (SSSR count). The summed E-state index contributed by atoms with van der Waals surface area (Å²) in [6, 6.07) is 17.5. The molecular formula is C18H16N2O. The van der Waals surface area contributed by atoms with E-state index in [1.807, 2.05) is 54.6 Å². The van der Waals surface area contributed by atoms with Gasteiger partial charge in [0.1, 0.15) is 0 Å². The Bertz CT molecular complexity index is 760. The second kappa shape index (κ2) is 5.75. The zero-order chi connectivity index (χ0) is 14.7. The molecule has 1 aromatic heterocycles. The fourth-order valence-electron chi connectivity index (χ4n) is 2.37. The minimum Gasteiger partial charge on any atom is -0.288 e. The molecule has 0 aliphatic carbocycles. The van der Waals surface area contributed by atoms with Gasteiger partial charge in [0.2, 0.25) is 0 Å². The van der Waals surface area contributed by atoms with Crippen LogP contribution in [0.5, 0.6) is 0 Å². The molecular weight excluding hydrogens is 260 g/mol. The van der Waals surface area contributed by atoms with E-state index in [1.165, 1.54) is 0 Å². The van der Waals surface area contributed by atoms with Crippen molar-refractivity contribution in [3.63, 3.8) is 0 Å². The van der Waals surface area contributed by atoms with Crippen LogP contribution in [0.3, 0.4) is 0 Å². The average molecular weight is 276 g/mol. The van der Waals surface area contributed by atoms with E-state index in [0.29, 0.717) is 5.56 Å². The Labute approximate surface area is 123 Å². The zero-order valence-electron chi connectivity index (χ0n) is 11.9. The van der Waals surface area contributed by atoms with Crippen LogP contribution in [0, 0.1) is 0 Å². The summed E-state index contributed by atoms with van der Waals surface area (Å²) in [6.45, 7) is 2.06. The number of hydrogen-bond donors (Lipinski definition) is 0. The summed E-state index contributed by atoms with van der Waals surface area (Å²) in [6.07, 6.45) is 4.25. The molecule has 21 heavy (non-hydrogen) atoms. The molecule has 0 aliphatic heterocycles. The van der Waals surface area contributed by atoms with Gasteiger partial charge >= 0.3 is 0 Å². The molecule has 3 heteroatoms. The maximum atomic E-state index is 12.6. The Morgan fingerprint density at radius 2 is 1.76 bits per heavy atom. The van der Waals surface area contributed by atoms with Gasteiger partial charge in [-0.15, -0.1) is 0 Å². The van der Waals surface area contributed by atoms with Crippen LogP contribution in [0.2, 0.25) is 0 Å². The van der Waals surface area contributed by atoms with E-state index in [0.717, 1.165) is 23.2 Å². The highest BCUT2D eigenvalue weighted by molar-refractivity contribution is 6.09. The predicted molar refractivity (Wildman–Crippen MR) is 82.8 cm³/mol. The van der Waals surface area contributed by atoms with Gasteiger partial charge in [-0.3, -0.25) is 4.79 Å². The molecule has 0 amide bonds. The van der Waals surface area contributed by atoms with E-state index in [2.05, 4.69) is 12.0 Å². The van der Waals surface area contributed by atoms with Gasteiger partial charge in [-0.05, 0) is 24.1 Å². The lowest BCUT2D eigenvalue weighted by molar-refractivity contribution is 0.103. The molecule has 0 saturated carbocycles. The van der Waals surface area contributed by atoms with E-state index in [4.69, 9.17) is 0 Å². The lowest BCUT2D eigenvalue weighted by Gasteiger charge is -2.04. The largest absolute Gasteiger partial charge is 0.288 e. The number of hydrogen-bond acceptors (Lipinski definition) is 2. The fourth-order valence-corrected chi connectivity index (χ4v) is 2.37. The van der Waals surface area contributed by atoms with Gasteiger partial charge in [-0.1, -0.05) is 49.4 Å². The first-order valence-corrected chi connectivity index (χ1v) is 7.02. The fraction of sp³-hybridized carbons (Fsp3) is 0.111. The lowest BCUT2D eigenvalue weighted by atomic mass is 9.99. The van der Waals surface area contributed by atoms with Crippen molar-refractivity contribution in [2.24, 2.45) is 0 Å². The van der Waals surface area contributed by atoms with Crippen molar-refractivity contribution >= 4 is 5.78 Å². The standard InChI is InChI=1S/C18H16N2O/c1-2-14-8-6-7-11-17(14)18(21)15-12-19-20(13-15)16-9-4-3-5-10-16/h3-13H,2H2,1H3. The molecule has 0 fully saturated rings. The molecule has 2 aromatic carbocycles. The zero-order valence-corrected chi connectivity index (χ0v) is 11.9. The van der Waals surface area contributed by atoms with Crippen LogP contribution < -0.4 is 0 Å². The molecule has 0 spiro atoms. The highest BCUT2D eigenvalue weighted by Gasteiger charge is 2.14. The third kappa shape index (κ3) is 2.63. The summed E-state index contributed by atoms with van der Waals surface area (Å²) < 4.78 is 1.72. The molecule has 0 saturated heterocycles. The number of rotatable bonds is 4. The minimum atomic E-state index is 0.0228. The molecule has 0 bridgehead atoms. The number of aryl methyl sites for hydroxylation is 1. The smallest absolute Gasteiger partial charge is 0.196 e. The second-order valence-electron chi connectivity index (χ2n) is 4.85. The third-order valence-corrected chi connectivity index (χ3v) is 3.51. The molecule has 0 unspecified atom stereocenters. The van der Waals surface area contributed by atoms with Crippen molar-refractivity contribution in [2.75, 3.05) is 0 Å². The van der Waals surface area contributed by atoms with Gasteiger partial charge in [-0.25, -0.2) is 4.68 Å². The Morgan fingerprint density at radius 3 is 2.52 bits per heavy atom. The number of carbonyl (C=O) groups is 1. The van der Waals surface area contributed by atoms with Crippen LogP contribution in [-0.2, 0) is 6.42 Å². The Hall–Kier alpha value is -2.68. The van der Waals surface area contributed by atoms with Crippen LogP contribution >= 0.6 is 0 Å². The van der Waals surface area contributed by atoms with Gasteiger partial charge in [0, 0.05) is 11.8 Å². The van der Waals surface area contributed by atoms with E-state index in [9.17, 15) is 4.79 Å². The van der Waals surface area contributed by atoms with E-state index >= 15 is 0 Å². The first kappa shape index (κ1) is 13.3. The Balaban J connectivity index is 1.95. The number of carbonyl (C=O) groups excluding carboxylic acids is 1. The maximum absolute atomic E-state index is 12.6.